The number of hydrogen-bond acceptors (Lipinski definition) is 6. The standard InChI is InChI=1S/C19H34O6/c1-5-9-10-11-12-19(16(20)23-13-6-2,17(21)24-14-7-3)18(22)25-15-8-4/h5-15H2,1-4H3. The van der Waals surface area contributed by atoms with Crippen LogP contribution in [0.1, 0.15) is 79.1 Å². The first kappa shape index (κ1) is 23.4. The molecular weight excluding hydrogens is 324 g/mol. The van der Waals surface area contributed by atoms with E-state index in [0.717, 1.165) is 19.3 Å². The molecule has 146 valence electrons. The number of hydrogen-bond donors (Lipinski definition) is 0. The van der Waals surface area contributed by atoms with Crippen LogP contribution in [0.3, 0.4) is 0 Å². The Morgan fingerprint density at radius 2 is 1.00 bits per heavy atom. The molecule has 0 bridgehead atoms. The third-order valence-corrected chi connectivity index (χ3v) is 3.76. The van der Waals surface area contributed by atoms with Crippen molar-refractivity contribution in [3.05, 3.63) is 0 Å². The van der Waals surface area contributed by atoms with Gasteiger partial charge in [-0.1, -0.05) is 53.4 Å². The quantitative estimate of drug-likeness (QED) is 0.203. The molecule has 0 N–H and O–H groups in total. The van der Waals surface area contributed by atoms with E-state index in [1.54, 1.807) is 0 Å². The summed E-state index contributed by atoms with van der Waals surface area (Å²) in [4.78, 5) is 38.0. The van der Waals surface area contributed by atoms with Crippen LogP contribution >= 0.6 is 0 Å². The number of esters is 3. The van der Waals surface area contributed by atoms with E-state index < -0.39 is 23.3 Å². The van der Waals surface area contributed by atoms with E-state index in [1.807, 2.05) is 20.8 Å². The van der Waals surface area contributed by atoms with E-state index in [0.29, 0.717) is 25.7 Å². The smallest absolute Gasteiger partial charge is 0.335 e. The largest absolute Gasteiger partial charge is 0.464 e. The Hall–Kier alpha value is -1.59. The minimum absolute atomic E-state index is 0.0562. The van der Waals surface area contributed by atoms with Crippen molar-refractivity contribution in [2.24, 2.45) is 5.41 Å². The molecule has 0 radical (unpaired) electrons. The van der Waals surface area contributed by atoms with E-state index in [1.165, 1.54) is 0 Å². The lowest BCUT2D eigenvalue weighted by atomic mass is 9.82. The Morgan fingerprint density at radius 1 is 0.600 bits per heavy atom. The molecule has 0 aliphatic carbocycles. The van der Waals surface area contributed by atoms with Crippen molar-refractivity contribution in [3.63, 3.8) is 0 Å². The molecule has 0 aromatic carbocycles. The molecular formula is C19H34O6. The molecule has 0 saturated carbocycles. The van der Waals surface area contributed by atoms with Crippen LogP contribution in [0.2, 0.25) is 0 Å². The van der Waals surface area contributed by atoms with Gasteiger partial charge < -0.3 is 14.2 Å². The van der Waals surface area contributed by atoms with Gasteiger partial charge in [-0.05, 0) is 25.7 Å². The molecule has 0 aromatic rings. The van der Waals surface area contributed by atoms with Gasteiger partial charge in [0, 0.05) is 0 Å². The Kier molecular flexibility index (Phi) is 12.8. The molecule has 6 heteroatoms. The first-order valence-electron chi connectivity index (χ1n) is 9.52. The van der Waals surface area contributed by atoms with E-state index in [-0.39, 0.29) is 26.2 Å². The Labute approximate surface area is 151 Å². The lowest BCUT2D eigenvalue weighted by Gasteiger charge is -2.27. The highest BCUT2D eigenvalue weighted by atomic mass is 16.6. The van der Waals surface area contributed by atoms with Gasteiger partial charge in [0.2, 0.25) is 0 Å². The topological polar surface area (TPSA) is 78.9 Å². The van der Waals surface area contributed by atoms with Crippen molar-refractivity contribution in [2.75, 3.05) is 19.8 Å². The summed E-state index contributed by atoms with van der Waals surface area (Å²) < 4.78 is 15.5. The summed E-state index contributed by atoms with van der Waals surface area (Å²) >= 11 is 0. The van der Waals surface area contributed by atoms with Gasteiger partial charge in [-0.25, -0.2) is 0 Å². The van der Waals surface area contributed by atoms with E-state index in [4.69, 9.17) is 14.2 Å². The lowest BCUT2D eigenvalue weighted by Crippen LogP contribution is -2.49. The van der Waals surface area contributed by atoms with Crippen molar-refractivity contribution in [1.82, 2.24) is 0 Å². The van der Waals surface area contributed by atoms with Gasteiger partial charge in [0.25, 0.3) is 5.41 Å². The second-order valence-corrected chi connectivity index (χ2v) is 6.12. The highest BCUT2D eigenvalue weighted by Crippen LogP contribution is 2.31. The van der Waals surface area contributed by atoms with Gasteiger partial charge in [0.1, 0.15) is 0 Å². The van der Waals surface area contributed by atoms with Crippen molar-refractivity contribution >= 4 is 17.9 Å². The molecule has 0 aliphatic heterocycles. The number of rotatable bonds is 14. The Bertz CT molecular complexity index is 354. The summed E-state index contributed by atoms with van der Waals surface area (Å²) in [5.74, 6) is -2.56. The highest BCUT2D eigenvalue weighted by Gasteiger charge is 2.56. The molecule has 6 nitrogen and oxygen atoms in total. The van der Waals surface area contributed by atoms with Crippen molar-refractivity contribution < 1.29 is 28.6 Å². The third-order valence-electron chi connectivity index (χ3n) is 3.76. The molecule has 0 amide bonds. The van der Waals surface area contributed by atoms with E-state index in [9.17, 15) is 14.4 Å². The van der Waals surface area contributed by atoms with Gasteiger partial charge >= 0.3 is 17.9 Å². The second kappa shape index (κ2) is 13.7. The molecule has 0 rings (SSSR count). The fourth-order valence-corrected chi connectivity index (χ4v) is 2.33. The maximum Gasteiger partial charge on any atom is 0.335 e. The van der Waals surface area contributed by atoms with Gasteiger partial charge in [-0.3, -0.25) is 14.4 Å². The zero-order chi connectivity index (χ0) is 19.1. The van der Waals surface area contributed by atoms with Crippen LogP contribution in [-0.2, 0) is 28.6 Å². The highest BCUT2D eigenvalue weighted by molar-refractivity contribution is 6.17. The van der Waals surface area contributed by atoms with Crippen LogP contribution in [-0.4, -0.2) is 37.7 Å². The first-order chi connectivity index (χ1) is 12.0. The maximum atomic E-state index is 12.7. The Morgan fingerprint density at radius 3 is 1.32 bits per heavy atom. The number of unbranched alkanes of at least 4 members (excludes halogenated alkanes) is 3. The third kappa shape index (κ3) is 7.45. The van der Waals surface area contributed by atoms with Crippen LogP contribution in [0.15, 0.2) is 0 Å². The fraction of sp³-hybridized carbons (Fsp3) is 0.842. The van der Waals surface area contributed by atoms with Crippen molar-refractivity contribution in [3.8, 4) is 0 Å². The summed E-state index contributed by atoms with van der Waals surface area (Å²) in [6, 6.07) is 0. The summed E-state index contributed by atoms with van der Waals surface area (Å²) in [7, 11) is 0. The molecule has 25 heavy (non-hydrogen) atoms. The minimum atomic E-state index is -2.01. The maximum absolute atomic E-state index is 12.7. The second-order valence-electron chi connectivity index (χ2n) is 6.12. The first-order valence-corrected chi connectivity index (χ1v) is 9.52. The molecule has 0 heterocycles. The summed E-state index contributed by atoms with van der Waals surface area (Å²) in [5.41, 5.74) is -2.01. The number of ether oxygens (including phenoxy) is 3. The lowest BCUT2D eigenvalue weighted by molar-refractivity contribution is -0.185. The normalized spacial score (nSPS) is 11.0. The molecule has 0 spiro atoms. The number of carbonyl (C=O) groups is 3. The van der Waals surface area contributed by atoms with Crippen LogP contribution in [0.4, 0.5) is 0 Å². The SMILES string of the molecule is CCCCCCC(C(=O)OCCC)(C(=O)OCCC)C(=O)OCCC. The van der Waals surface area contributed by atoms with Crippen LogP contribution in [0.5, 0.6) is 0 Å². The van der Waals surface area contributed by atoms with E-state index >= 15 is 0 Å². The van der Waals surface area contributed by atoms with Crippen LogP contribution in [0.25, 0.3) is 0 Å². The molecule has 0 atom stereocenters. The zero-order valence-electron chi connectivity index (χ0n) is 16.2. The predicted molar refractivity (Wildman–Crippen MR) is 94.9 cm³/mol. The molecule has 0 saturated heterocycles. The van der Waals surface area contributed by atoms with E-state index in [2.05, 4.69) is 6.92 Å². The zero-order valence-corrected chi connectivity index (χ0v) is 16.2. The average Bonchev–Trinajstić information content (AvgIpc) is 2.62. The fourth-order valence-electron chi connectivity index (χ4n) is 2.33. The van der Waals surface area contributed by atoms with Crippen molar-refractivity contribution in [1.29, 1.82) is 0 Å². The summed E-state index contributed by atoms with van der Waals surface area (Å²) in [6.45, 7) is 8.06. The Balaban J connectivity index is 5.53. The van der Waals surface area contributed by atoms with Crippen molar-refractivity contribution in [2.45, 2.75) is 79.1 Å². The molecule has 0 fully saturated rings. The van der Waals surface area contributed by atoms with Gasteiger partial charge in [0.05, 0.1) is 19.8 Å². The predicted octanol–water partition coefficient (Wildman–Crippen LogP) is 3.80. The monoisotopic (exact) mass is 358 g/mol. The molecule has 0 aromatic heterocycles. The van der Waals surface area contributed by atoms with Crippen LogP contribution in [0, 0.1) is 5.41 Å². The summed E-state index contributed by atoms with van der Waals surface area (Å²) in [5, 5.41) is 0. The summed E-state index contributed by atoms with van der Waals surface area (Å²) in [6.07, 6.45) is 5.21. The number of carbonyl (C=O) groups excluding carboxylic acids is 3. The van der Waals surface area contributed by atoms with Gasteiger partial charge in [-0.2, -0.15) is 0 Å². The van der Waals surface area contributed by atoms with Gasteiger partial charge in [-0.15, -0.1) is 0 Å². The minimum Gasteiger partial charge on any atom is -0.464 e. The van der Waals surface area contributed by atoms with Gasteiger partial charge in [0.15, 0.2) is 0 Å². The molecule has 0 aliphatic rings. The molecule has 0 unspecified atom stereocenters. The van der Waals surface area contributed by atoms with Crippen LogP contribution < -0.4 is 0 Å². The average molecular weight is 358 g/mol.